The number of pyridine rings is 1. The van der Waals surface area contributed by atoms with E-state index in [1.165, 1.54) is 24.5 Å². The maximum atomic E-state index is 14.9. The lowest BCUT2D eigenvalue weighted by molar-refractivity contribution is -0.150. The Hall–Kier alpha value is -3.57. The van der Waals surface area contributed by atoms with Gasteiger partial charge in [0.1, 0.15) is 0 Å². The minimum absolute atomic E-state index is 0.0358. The van der Waals surface area contributed by atoms with E-state index in [-0.39, 0.29) is 32.8 Å². The summed E-state index contributed by atoms with van der Waals surface area (Å²) in [5.41, 5.74) is 0.200. The monoisotopic (exact) mass is 557 g/mol. The molecule has 0 saturated heterocycles. The van der Waals surface area contributed by atoms with Gasteiger partial charge in [-0.05, 0) is 44.9 Å². The van der Waals surface area contributed by atoms with Gasteiger partial charge in [-0.2, -0.15) is 0 Å². The number of carbonyl (C=O) groups is 1. The Balaban J connectivity index is 1.62. The lowest BCUT2D eigenvalue weighted by Gasteiger charge is -2.38. The average molecular weight is 558 g/mol. The zero-order chi connectivity index (χ0) is 27.2. The first-order chi connectivity index (χ1) is 18.0. The van der Waals surface area contributed by atoms with Gasteiger partial charge in [0, 0.05) is 29.4 Å². The van der Waals surface area contributed by atoms with Gasteiger partial charge in [0.2, 0.25) is 0 Å². The molecule has 1 aliphatic carbocycles. The van der Waals surface area contributed by atoms with Crippen molar-refractivity contribution in [3.05, 3.63) is 65.3 Å². The number of nitrogens with zero attached hydrogens (tertiary/aromatic N) is 4. The van der Waals surface area contributed by atoms with Gasteiger partial charge in [-0.3, -0.25) is 4.79 Å². The molecule has 4 aromatic rings. The Morgan fingerprint density at radius 2 is 1.95 bits per heavy atom. The molecule has 2 atom stereocenters. The van der Waals surface area contributed by atoms with E-state index in [4.69, 9.17) is 11.6 Å². The normalized spacial score (nSPS) is 19.9. The van der Waals surface area contributed by atoms with Crippen LogP contribution < -0.4 is 5.32 Å². The van der Waals surface area contributed by atoms with E-state index in [9.17, 15) is 22.7 Å². The molecular weight excluding hydrogens is 533 g/mol. The summed E-state index contributed by atoms with van der Waals surface area (Å²) in [6.07, 6.45) is 6.20. The van der Waals surface area contributed by atoms with Crippen LogP contribution in [0.15, 0.2) is 53.8 Å². The van der Waals surface area contributed by atoms with E-state index in [1.54, 1.807) is 25.1 Å². The van der Waals surface area contributed by atoms with Crippen molar-refractivity contribution in [2.45, 2.75) is 50.5 Å². The summed E-state index contributed by atoms with van der Waals surface area (Å²) >= 11 is 6.19. The Labute approximate surface area is 223 Å². The predicted molar refractivity (Wildman–Crippen MR) is 141 cm³/mol. The van der Waals surface area contributed by atoms with Crippen LogP contribution in [0.3, 0.4) is 0 Å². The highest BCUT2D eigenvalue weighted by Gasteiger charge is 2.43. The molecule has 0 bridgehead atoms. The Kier molecular flexibility index (Phi) is 6.60. The molecule has 9 nitrogen and oxygen atoms in total. The highest BCUT2D eigenvalue weighted by Crippen LogP contribution is 2.39. The van der Waals surface area contributed by atoms with E-state index < -0.39 is 33.3 Å². The van der Waals surface area contributed by atoms with E-state index in [1.807, 2.05) is 6.92 Å². The topological polar surface area (TPSA) is 127 Å². The van der Waals surface area contributed by atoms with Crippen LogP contribution in [0.2, 0.25) is 5.02 Å². The second-order valence-electron chi connectivity index (χ2n) is 9.74. The van der Waals surface area contributed by atoms with Crippen LogP contribution in [-0.2, 0) is 14.8 Å². The molecule has 198 valence electrons. The molecule has 0 unspecified atom stereocenters. The van der Waals surface area contributed by atoms with Crippen LogP contribution in [-0.4, -0.2) is 44.5 Å². The van der Waals surface area contributed by atoms with Crippen LogP contribution >= 0.6 is 11.6 Å². The number of nitrogens with one attached hydrogen (secondary N) is 1. The molecular formula is C26H25ClFN5O4S. The Morgan fingerprint density at radius 1 is 1.21 bits per heavy atom. The third-order valence-electron chi connectivity index (χ3n) is 7.15. The van der Waals surface area contributed by atoms with Gasteiger partial charge in [-0.15, -0.1) is 0 Å². The molecule has 1 fully saturated rings. The highest BCUT2D eigenvalue weighted by molar-refractivity contribution is 7.90. The van der Waals surface area contributed by atoms with Gasteiger partial charge in [0.15, 0.2) is 23.1 Å². The molecule has 3 heterocycles. The number of halogens is 2. The summed E-state index contributed by atoms with van der Waals surface area (Å²) in [5.74, 6) is -1.84. The maximum Gasteiger partial charge on any atom is 0.311 e. The smallest absolute Gasteiger partial charge is 0.311 e. The van der Waals surface area contributed by atoms with Crippen LogP contribution in [0.25, 0.3) is 22.4 Å². The molecule has 0 radical (unpaired) electrons. The number of aliphatic carboxylic acids is 1. The number of rotatable bonds is 6. The molecule has 0 amide bonds. The van der Waals surface area contributed by atoms with Gasteiger partial charge in [-0.25, -0.2) is 31.7 Å². The predicted octanol–water partition coefficient (Wildman–Crippen LogP) is 5.28. The molecule has 0 aliphatic heterocycles. The second-order valence-corrected chi connectivity index (χ2v) is 12.0. The fourth-order valence-electron chi connectivity index (χ4n) is 4.82. The van der Waals surface area contributed by atoms with Gasteiger partial charge in [0.25, 0.3) is 10.0 Å². The number of aromatic nitrogens is 4. The summed E-state index contributed by atoms with van der Waals surface area (Å²) in [6.45, 7) is 3.50. The maximum absolute atomic E-state index is 14.9. The lowest BCUT2D eigenvalue weighted by atomic mass is 9.71. The van der Waals surface area contributed by atoms with Crippen molar-refractivity contribution in [1.29, 1.82) is 0 Å². The third kappa shape index (κ3) is 4.49. The molecule has 1 saturated carbocycles. The van der Waals surface area contributed by atoms with Gasteiger partial charge < -0.3 is 10.4 Å². The molecule has 1 aromatic carbocycles. The van der Waals surface area contributed by atoms with Crippen molar-refractivity contribution in [3.8, 4) is 11.4 Å². The van der Waals surface area contributed by atoms with Crippen molar-refractivity contribution in [2.75, 3.05) is 5.32 Å². The van der Waals surface area contributed by atoms with Crippen LogP contribution in [0.4, 0.5) is 10.2 Å². The SMILES string of the molecule is Cc1ccc(S(=O)(=O)n2cc(-c3ncc(F)c(N[C@@H]4CCCC[C@@]4(C)C(=O)O)n3)c3cc(Cl)cnc32)cc1. The standard InChI is InChI=1S/C26H25ClFN5O4S/c1-15-6-8-17(9-7-15)38(36,37)33-14-19(18-11-16(27)12-30-24(18)33)22-29-13-20(28)23(32-22)31-21-5-3-4-10-26(21,2)25(34)35/h6-9,11-14,21H,3-5,10H2,1-2H3,(H,34,35)(H,29,31,32)/t21-,26-/m1/s1. The first kappa shape index (κ1) is 26.1. The van der Waals surface area contributed by atoms with Crippen LogP contribution in [0.1, 0.15) is 38.2 Å². The molecule has 38 heavy (non-hydrogen) atoms. The number of carboxylic acids is 1. The first-order valence-corrected chi connectivity index (χ1v) is 13.8. The summed E-state index contributed by atoms with van der Waals surface area (Å²) in [5, 5.41) is 13.4. The number of hydrogen-bond acceptors (Lipinski definition) is 7. The van der Waals surface area contributed by atoms with Crippen molar-refractivity contribution < 1.29 is 22.7 Å². The summed E-state index contributed by atoms with van der Waals surface area (Å²) in [6, 6.07) is 7.40. The Bertz CT molecular complexity index is 1660. The summed E-state index contributed by atoms with van der Waals surface area (Å²) in [7, 11) is -4.05. The fraction of sp³-hybridized carbons (Fsp3) is 0.308. The largest absolute Gasteiger partial charge is 0.481 e. The molecule has 12 heteroatoms. The molecule has 2 N–H and O–H groups in total. The van der Waals surface area contributed by atoms with Crippen molar-refractivity contribution in [1.82, 2.24) is 18.9 Å². The highest BCUT2D eigenvalue weighted by atomic mass is 35.5. The minimum Gasteiger partial charge on any atom is -0.481 e. The van der Waals surface area contributed by atoms with Gasteiger partial charge in [-0.1, -0.05) is 42.1 Å². The third-order valence-corrected chi connectivity index (χ3v) is 9.02. The number of benzene rings is 1. The quantitative estimate of drug-likeness (QED) is 0.328. The van der Waals surface area contributed by atoms with E-state index in [2.05, 4.69) is 20.3 Å². The fourth-order valence-corrected chi connectivity index (χ4v) is 6.31. The molecule has 1 aliphatic rings. The lowest BCUT2D eigenvalue weighted by Crippen LogP contribution is -2.47. The second kappa shape index (κ2) is 9.63. The van der Waals surface area contributed by atoms with Crippen molar-refractivity contribution >= 4 is 44.4 Å². The average Bonchev–Trinajstić information content (AvgIpc) is 3.26. The Morgan fingerprint density at radius 3 is 2.66 bits per heavy atom. The molecule has 3 aromatic heterocycles. The zero-order valence-electron chi connectivity index (χ0n) is 20.6. The zero-order valence-corrected chi connectivity index (χ0v) is 22.2. The number of anilines is 1. The minimum atomic E-state index is -4.05. The van der Waals surface area contributed by atoms with Crippen molar-refractivity contribution in [2.24, 2.45) is 5.41 Å². The van der Waals surface area contributed by atoms with Crippen LogP contribution in [0.5, 0.6) is 0 Å². The molecule has 5 rings (SSSR count). The number of hydrogen-bond donors (Lipinski definition) is 2. The van der Waals surface area contributed by atoms with Crippen molar-refractivity contribution in [3.63, 3.8) is 0 Å². The van der Waals surface area contributed by atoms with E-state index >= 15 is 0 Å². The number of carboxylic acid groups (broad SMARTS) is 1. The summed E-state index contributed by atoms with van der Waals surface area (Å²) in [4.78, 5) is 24.8. The van der Waals surface area contributed by atoms with Crippen LogP contribution in [0, 0.1) is 18.2 Å². The van der Waals surface area contributed by atoms with Gasteiger partial charge in [0.05, 0.1) is 21.5 Å². The number of fused-ring (bicyclic) bond motifs is 1. The first-order valence-electron chi connectivity index (χ1n) is 12.0. The van der Waals surface area contributed by atoms with E-state index in [0.717, 1.165) is 28.6 Å². The van der Waals surface area contributed by atoms with E-state index in [0.29, 0.717) is 18.2 Å². The van der Waals surface area contributed by atoms with Gasteiger partial charge >= 0.3 is 5.97 Å². The number of aryl methyl sites for hydroxylation is 1. The summed E-state index contributed by atoms with van der Waals surface area (Å²) < 4.78 is 42.9. The molecule has 0 spiro atoms.